The number of nitrogens with two attached hydrogens (primary N) is 1. The number of hydrogen-bond acceptors (Lipinski definition) is 16. The van der Waals surface area contributed by atoms with Crippen LogP contribution in [0.25, 0.3) is 0 Å². The molecule has 2 bridgehead atoms. The number of hydrogen-bond donors (Lipinski definition) is 12. The van der Waals surface area contributed by atoms with Gasteiger partial charge in [-0.3, -0.25) is 9.79 Å². The molecule has 18 atom stereocenters. The fraction of sp³-hybridized carbons (Fsp3) is 0.800. The third kappa shape index (κ3) is 30.6. The van der Waals surface area contributed by atoms with Gasteiger partial charge >= 0.3 is 11.9 Å². The van der Waals surface area contributed by atoms with Crippen LogP contribution in [0.3, 0.4) is 0 Å². The molecule has 0 aromatic carbocycles. The summed E-state index contributed by atoms with van der Waals surface area (Å²) in [4.78, 5) is 31.0. The first-order chi connectivity index (χ1) is 39.2. The fourth-order valence-corrected chi connectivity index (χ4v) is 10.9. The first-order valence-corrected chi connectivity index (χ1v) is 31.4. The van der Waals surface area contributed by atoms with E-state index in [4.69, 9.17) is 19.9 Å². The standard InChI is InChI=1S/C65H115N3O15/c1-42(2)25-19-15-11-12-17-21-31-60(77)81-52-36-50(69)35-51(70)37-55(72)43(3)27-23-29-47(7)61(46(6)26-20-16-13-14-18-22-34-68-64(66)67-10)82-63(79)48(8)30-24-28-44(4)56(73)40-57(74)49(9)54(71)33-32-45(5)59(76)41-65(80)62(78)58(75)39-53(38-52)83-65/h13-14,23-24,27-30,42,44-47,49-59,61-62,69-76,78,80H,11-12,15-22,25-26,31-41H2,1-10H3,(H3,66,67,68)/b14-13+,28-24+,29-23+,43-27+,48-30+/t44-,45-,46-,47+,49-,50+,51+,52-,53-,54+,55-,56-,57-,58+,59-,61-,62-,65+/m0/s1. The number of nitrogens with zero attached hydrogens (tertiary/aromatic N) is 1. The number of aliphatic hydroxyl groups is 10. The van der Waals surface area contributed by atoms with E-state index >= 15 is 0 Å². The Hall–Kier alpha value is -3.53. The Morgan fingerprint density at radius 2 is 1.36 bits per heavy atom. The molecule has 1 saturated heterocycles. The molecule has 2 heterocycles. The molecule has 0 aromatic heterocycles. The lowest BCUT2D eigenvalue weighted by molar-refractivity contribution is -0.333. The third-order valence-electron chi connectivity index (χ3n) is 16.9. The van der Waals surface area contributed by atoms with Crippen LogP contribution in [0.15, 0.2) is 64.7 Å². The quantitative estimate of drug-likeness (QED) is 0.0194. The van der Waals surface area contributed by atoms with Crippen molar-refractivity contribution in [1.82, 2.24) is 5.32 Å². The summed E-state index contributed by atoms with van der Waals surface area (Å²) in [5, 5.41) is 116. The Balaban J connectivity index is 2.43. The summed E-state index contributed by atoms with van der Waals surface area (Å²) in [6.45, 7) is 17.7. The van der Waals surface area contributed by atoms with E-state index in [9.17, 15) is 60.7 Å². The molecule has 0 radical (unpaired) electrons. The minimum Gasteiger partial charge on any atom is -0.462 e. The van der Waals surface area contributed by atoms with Crippen LogP contribution >= 0.6 is 0 Å². The van der Waals surface area contributed by atoms with E-state index in [2.05, 4.69) is 43.2 Å². The Morgan fingerprint density at radius 3 is 2.04 bits per heavy atom. The second-order valence-electron chi connectivity index (χ2n) is 25.1. The zero-order valence-corrected chi connectivity index (χ0v) is 52.3. The van der Waals surface area contributed by atoms with Crippen molar-refractivity contribution in [1.29, 1.82) is 0 Å². The number of cyclic esters (lactones) is 1. The highest BCUT2D eigenvalue weighted by molar-refractivity contribution is 5.88. The lowest BCUT2D eigenvalue weighted by Gasteiger charge is -2.45. The van der Waals surface area contributed by atoms with Crippen molar-refractivity contribution in [2.75, 3.05) is 13.6 Å². The van der Waals surface area contributed by atoms with E-state index in [0.29, 0.717) is 29.4 Å². The normalized spacial score (nSPS) is 35.9. The minimum atomic E-state index is -2.43. The van der Waals surface area contributed by atoms with E-state index in [1.165, 1.54) is 12.8 Å². The zero-order chi connectivity index (χ0) is 62.2. The minimum absolute atomic E-state index is 0.0393. The summed E-state index contributed by atoms with van der Waals surface area (Å²) < 4.78 is 18.3. The van der Waals surface area contributed by atoms with Crippen LogP contribution in [0.5, 0.6) is 0 Å². The summed E-state index contributed by atoms with van der Waals surface area (Å²) in [6.07, 6.45) is 11.5. The average molecular weight is 1180 g/mol. The highest BCUT2D eigenvalue weighted by atomic mass is 16.7. The Morgan fingerprint density at radius 1 is 0.735 bits per heavy atom. The molecule has 0 unspecified atom stereocenters. The molecule has 480 valence electrons. The number of esters is 2. The number of nitrogens with one attached hydrogen (secondary N) is 1. The number of carbonyl (C=O) groups is 2. The number of aliphatic hydroxyl groups excluding tert-OH is 9. The number of unbranched alkanes of at least 4 members (excludes halogenated alkanes) is 7. The van der Waals surface area contributed by atoms with Gasteiger partial charge in [-0.05, 0) is 95.0 Å². The molecule has 18 nitrogen and oxygen atoms in total. The molecule has 2 rings (SSSR count). The molecule has 2 aliphatic rings. The van der Waals surface area contributed by atoms with Gasteiger partial charge in [0.2, 0.25) is 0 Å². The summed E-state index contributed by atoms with van der Waals surface area (Å²) in [6, 6.07) is 0. The number of ether oxygens (including phenoxy) is 3. The molecule has 0 spiro atoms. The predicted octanol–water partition coefficient (Wildman–Crippen LogP) is 7.67. The van der Waals surface area contributed by atoms with Crippen molar-refractivity contribution < 1.29 is 74.9 Å². The van der Waals surface area contributed by atoms with E-state index < -0.39 is 115 Å². The molecule has 1 fully saturated rings. The van der Waals surface area contributed by atoms with Gasteiger partial charge in [-0.1, -0.05) is 136 Å². The van der Waals surface area contributed by atoms with E-state index in [0.717, 1.165) is 64.3 Å². The van der Waals surface area contributed by atoms with Crippen molar-refractivity contribution >= 4 is 17.9 Å². The monoisotopic (exact) mass is 1180 g/mol. The summed E-state index contributed by atoms with van der Waals surface area (Å²) in [5.74, 6) is -4.33. The maximum absolute atomic E-state index is 13.7. The van der Waals surface area contributed by atoms with Crippen molar-refractivity contribution in [3.8, 4) is 0 Å². The highest BCUT2D eigenvalue weighted by Crippen LogP contribution is 2.36. The van der Waals surface area contributed by atoms with Gasteiger partial charge in [-0.2, -0.15) is 0 Å². The van der Waals surface area contributed by atoms with Crippen molar-refractivity contribution in [2.45, 2.75) is 283 Å². The van der Waals surface area contributed by atoms with Crippen LogP contribution < -0.4 is 11.1 Å². The molecular formula is C65H115N3O15. The topological polar surface area (TPSA) is 315 Å². The van der Waals surface area contributed by atoms with Crippen molar-refractivity contribution in [3.05, 3.63) is 59.8 Å². The predicted molar refractivity (Wildman–Crippen MR) is 326 cm³/mol. The molecule has 13 N–H and O–H groups in total. The maximum atomic E-state index is 13.7. The van der Waals surface area contributed by atoms with Crippen LogP contribution in [0, 0.1) is 35.5 Å². The molecule has 0 saturated carbocycles. The SMILES string of the molecule is CN=C(N)NCCC/C=C/CCC[C@H](C)[C@@H]1OC(=O)/C(C)=C/C=C/[C@H](C)[C@@H](O)C[C@H](O)[C@@H](C)[C@H](O)CC[C@H](C)[C@@H](O)C[C@@]2(O)O[C@@H](C[C@@H](OC(=O)CCCCCCCCC(C)C)C[C@H](O)C[C@@H](O)C[C@H](O)/C(C)=C/C=C/[C@H]1C)C[C@@H](O)[C@@H]2O. The van der Waals surface area contributed by atoms with Crippen molar-refractivity contribution in [3.63, 3.8) is 0 Å². The van der Waals surface area contributed by atoms with Gasteiger partial charge in [0.05, 0.1) is 54.9 Å². The van der Waals surface area contributed by atoms with Crippen molar-refractivity contribution in [2.24, 2.45) is 46.2 Å². The first-order valence-electron chi connectivity index (χ1n) is 31.4. The number of carbonyl (C=O) groups excluding carboxylic acids is 2. The fourth-order valence-electron chi connectivity index (χ4n) is 10.9. The zero-order valence-electron chi connectivity index (χ0n) is 52.3. The molecule has 2 aliphatic heterocycles. The molecule has 18 heteroatoms. The van der Waals surface area contributed by atoms with Crippen LogP contribution in [0.1, 0.15) is 204 Å². The smallest absolute Gasteiger partial charge is 0.334 e. The summed E-state index contributed by atoms with van der Waals surface area (Å²) >= 11 is 0. The average Bonchev–Trinajstić information content (AvgIpc) is 3.60. The lowest BCUT2D eigenvalue weighted by atomic mass is 9.84. The summed E-state index contributed by atoms with van der Waals surface area (Å²) in [5.41, 5.74) is 6.60. The Kier molecular flexibility index (Phi) is 37.1. The molecule has 83 heavy (non-hydrogen) atoms. The third-order valence-corrected chi connectivity index (χ3v) is 16.9. The van der Waals surface area contributed by atoms with Gasteiger partial charge in [0, 0.05) is 81.9 Å². The second-order valence-corrected chi connectivity index (χ2v) is 25.1. The van der Waals surface area contributed by atoms with Gasteiger partial charge in [-0.15, -0.1) is 0 Å². The second kappa shape index (κ2) is 40.8. The van der Waals surface area contributed by atoms with Crippen LogP contribution in [0.4, 0.5) is 0 Å². The van der Waals surface area contributed by atoms with E-state index in [-0.39, 0.29) is 69.6 Å². The molecule has 0 aromatic rings. The molecular weight excluding hydrogens is 1060 g/mol. The Labute approximate surface area is 498 Å². The van der Waals surface area contributed by atoms with Gasteiger partial charge in [0.15, 0.2) is 11.7 Å². The van der Waals surface area contributed by atoms with Gasteiger partial charge in [0.1, 0.15) is 18.3 Å². The Bertz CT molecular complexity index is 2000. The van der Waals surface area contributed by atoms with Gasteiger partial charge in [0.25, 0.3) is 0 Å². The molecule has 0 aliphatic carbocycles. The van der Waals surface area contributed by atoms with Crippen LogP contribution in [-0.2, 0) is 23.8 Å². The van der Waals surface area contributed by atoms with E-state index in [1.807, 2.05) is 13.0 Å². The molecule has 0 amide bonds. The number of guanidine groups is 1. The van der Waals surface area contributed by atoms with E-state index in [1.54, 1.807) is 72.0 Å². The number of fused-ring (bicyclic) bond motifs is 2. The number of allylic oxidation sites excluding steroid dienone is 6. The first kappa shape index (κ1) is 75.6. The van der Waals surface area contributed by atoms with Crippen LogP contribution in [0.2, 0.25) is 0 Å². The largest absolute Gasteiger partial charge is 0.462 e. The van der Waals surface area contributed by atoms with Gasteiger partial charge in [-0.25, -0.2) is 4.79 Å². The lowest BCUT2D eigenvalue weighted by Crippen LogP contribution is -2.60. The van der Waals surface area contributed by atoms with Crippen LogP contribution in [-0.4, -0.2) is 162 Å². The summed E-state index contributed by atoms with van der Waals surface area (Å²) in [7, 11) is 1.64. The number of rotatable bonds is 19. The maximum Gasteiger partial charge on any atom is 0.334 e. The highest BCUT2D eigenvalue weighted by Gasteiger charge is 2.50. The van der Waals surface area contributed by atoms with Gasteiger partial charge < -0.3 is 76.3 Å². The number of aliphatic imine (C=N–C) groups is 1.